The van der Waals surface area contributed by atoms with Crippen LogP contribution >= 0.6 is 0 Å². The molecule has 0 aliphatic carbocycles. The molecule has 0 radical (unpaired) electrons. The van der Waals surface area contributed by atoms with Gasteiger partial charge in [-0.15, -0.1) is 0 Å². The topological polar surface area (TPSA) is 23.5 Å². The van der Waals surface area contributed by atoms with Gasteiger partial charge in [-0.3, -0.25) is 0 Å². The summed E-state index contributed by atoms with van der Waals surface area (Å²) in [6.07, 6.45) is 2.53. The molecule has 1 aliphatic heterocycles. The van der Waals surface area contributed by atoms with Crippen LogP contribution in [-0.4, -0.2) is 35.2 Å². The minimum atomic E-state index is -0.514. The van der Waals surface area contributed by atoms with Crippen LogP contribution in [0.15, 0.2) is 24.3 Å². The first kappa shape index (κ1) is 12.6. The largest absolute Gasteiger partial charge is 0.389 e. The van der Waals surface area contributed by atoms with Crippen molar-refractivity contribution in [1.29, 1.82) is 0 Å². The lowest BCUT2D eigenvalue weighted by Crippen LogP contribution is -2.48. The molecule has 0 bridgehead atoms. The fourth-order valence-corrected chi connectivity index (χ4v) is 2.78. The van der Waals surface area contributed by atoms with Crippen molar-refractivity contribution in [2.24, 2.45) is 0 Å². The highest BCUT2D eigenvalue weighted by atomic mass is 16.3. The van der Waals surface area contributed by atoms with Gasteiger partial charge in [0.2, 0.25) is 0 Å². The standard InChI is InChI=1S/C15H23NO/c1-12-5-4-6-14(9-12)11-15(17)7-8-16(3)13(2)10-15/h4-6,9,13,17H,7-8,10-11H2,1-3H3. The van der Waals surface area contributed by atoms with Crippen LogP contribution < -0.4 is 0 Å². The highest BCUT2D eigenvalue weighted by Crippen LogP contribution is 2.29. The number of likely N-dealkylation sites (tertiary alicyclic amines) is 1. The summed E-state index contributed by atoms with van der Waals surface area (Å²) < 4.78 is 0. The van der Waals surface area contributed by atoms with Crippen molar-refractivity contribution in [3.8, 4) is 0 Å². The average molecular weight is 233 g/mol. The van der Waals surface area contributed by atoms with E-state index in [4.69, 9.17) is 0 Å². The molecule has 1 heterocycles. The van der Waals surface area contributed by atoms with Crippen LogP contribution in [-0.2, 0) is 6.42 Å². The summed E-state index contributed by atoms with van der Waals surface area (Å²) in [5.74, 6) is 0. The Kier molecular flexibility index (Phi) is 3.55. The molecule has 1 saturated heterocycles. The van der Waals surface area contributed by atoms with Crippen molar-refractivity contribution in [2.75, 3.05) is 13.6 Å². The number of benzene rings is 1. The Morgan fingerprint density at radius 2 is 2.24 bits per heavy atom. The molecule has 2 unspecified atom stereocenters. The molecular weight excluding hydrogens is 210 g/mol. The number of nitrogens with zero attached hydrogens (tertiary/aromatic N) is 1. The Balaban J connectivity index is 2.07. The Morgan fingerprint density at radius 3 is 2.88 bits per heavy atom. The van der Waals surface area contributed by atoms with Crippen LogP contribution in [0.1, 0.15) is 30.9 Å². The first-order valence-electron chi connectivity index (χ1n) is 6.47. The van der Waals surface area contributed by atoms with Crippen LogP contribution in [0.3, 0.4) is 0 Å². The molecule has 94 valence electrons. The quantitative estimate of drug-likeness (QED) is 0.848. The lowest BCUT2D eigenvalue weighted by Gasteiger charge is -2.41. The normalized spacial score (nSPS) is 30.5. The minimum Gasteiger partial charge on any atom is -0.389 e. The maximum Gasteiger partial charge on any atom is 0.0714 e. The Bertz CT molecular complexity index is 390. The molecule has 2 atom stereocenters. The van der Waals surface area contributed by atoms with Crippen LogP contribution in [0.2, 0.25) is 0 Å². The summed E-state index contributed by atoms with van der Waals surface area (Å²) in [5.41, 5.74) is 2.01. The highest BCUT2D eigenvalue weighted by molar-refractivity contribution is 5.24. The molecule has 1 aromatic carbocycles. The van der Waals surface area contributed by atoms with Gasteiger partial charge in [0.05, 0.1) is 5.60 Å². The Morgan fingerprint density at radius 1 is 1.47 bits per heavy atom. The number of aliphatic hydroxyl groups is 1. The molecule has 0 amide bonds. The fourth-order valence-electron chi connectivity index (χ4n) is 2.78. The van der Waals surface area contributed by atoms with E-state index in [1.165, 1.54) is 11.1 Å². The van der Waals surface area contributed by atoms with Gasteiger partial charge in [-0.05, 0) is 39.3 Å². The average Bonchev–Trinajstić information content (AvgIpc) is 2.24. The van der Waals surface area contributed by atoms with Gasteiger partial charge in [0.1, 0.15) is 0 Å². The summed E-state index contributed by atoms with van der Waals surface area (Å²) in [4.78, 5) is 2.32. The summed E-state index contributed by atoms with van der Waals surface area (Å²) in [7, 11) is 2.14. The molecule has 17 heavy (non-hydrogen) atoms. The number of hydrogen-bond acceptors (Lipinski definition) is 2. The molecule has 2 rings (SSSR count). The van der Waals surface area contributed by atoms with E-state index in [0.29, 0.717) is 6.04 Å². The van der Waals surface area contributed by atoms with Crippen molar-refractivity contribution in [3.63, 3.8) is 0 Å². The molecule has 1 aliphatic rings. The SMILES string of the molecule is Cc1cccc(CC2(O)CCN(C)C(C)C2)c1. The van der Waals surface area contributed by atoms with E-state index in [2.05, 4.69) is 50.1 Å². The van der Waals surface area contributed by atoms with Crippen molar-refractivity contribution >= 4 is 0 Å². The van der Waals surface area contributed by atoms with Crippen LogP contribution in [0.5, 0.6) is 0 Å². The second kappa shape index (κ2) is 4.79. The maximum absolute atomic E-state index is 10.7. The smallest absolute Gasteiger partial charge is 0.0714 e. The Hall–Kier alpha value is -0.860. The summed E-state index contributed by atoms with van der Waals surface area (Å²) in [5, 5.41) is 10.7. The third-order valence-electron chi connectivity index (χ3n) is 3.97. The highest BCUT2D eigenvalue weighted by Gasteiger charge is 2.34. The van der Waals surface area contributed by atoms with Gasteiger partial charge in [-0.1, -0.05) is 29.8 Å². The van der Waals surface area contributed by atoms with Crippen molar-refractivity contribution in [1.82, 2.24) is 4.90 Å². The van der Waals surface area contributed by atoms with Gasteiger partial charge in [0.25, 0.3) is 0 Å². The maximum atomic E-state index is 10.7. The van der Waals surface area contributed by atoms with Crippen LogP contribution in [0.25, 0.3) is 0 Å². The molecular formula is C15H23NO. The first-order valence-corrected chi connectivity index (χ1v) is 6.47. The van der Waals surface area contributed by atoms with E-state index >= 15 is 0 Å². The van der Waals surface area contributed by atoms with E-state index in [1.54, 1.807) is 0 Å². The van der Waals surface area contributed by atoms with E-state index in [-0.39, 0.29) is 0 Å². The van der Waals surface area contributed by atoms with Crippen molar-refractivity contribution in [2.45, 2.75) is 44.8 Å². The molecule has 0 aromatic heterocycles. The van der Waals surface area contributed by atoms with Gasteiger partial charge in [-0.25, -0.2) is 0 Å². The lowest BCUT2D eigenvalue weighted by molar-refractivity contribution is -0.0353. The van der Waals surface area contributed by atoms with Gasteiger partial charge >= 0.3 is 0 Å². The summed E-state index contributed by atoms with van der Waals surface area (Å²) in [6.45, 7) is 5.29. The minimum absolute atomic E-state index is 0.471. The van der Waals surface area contributed by atoms with Gasteiger partial charge in [0, 0.05) is 19.0 Å². The number of hydrogen-bond donors (Lipinski definition) is 1. The van der Waals surface area contributed by atoms with Gasteiger partial charge in [-0.2, -0.15) is 0 Å². The Labute approximate surface area is 104 Å². The second-order valence-electron chi connectivity index (χ2n) is 5.67. The van der Waals surface area contributed by atoms with Crippen LogP contribution in [0.4, 0.5) is 0 Å². The summed E-state index contributed by atoms with van der Waals surface area (Å²) in [6, 6.07) is 8.95. The zero-order chi connectivity index (χ0) is 12.5. The van der Waals surface area contributed by atoms with Crippen LogP contribution in [0, 0.1) is 6.92 Å². The van der Waals surface area contributed by atoms with E-state index in [1.807, 2.05) is 0 Å². The molecule has 1 fully saturated rings. The van der Waals surface area contributed by atoms with Crippen molar-refractivity contribution < 1.29 is 5.11 Å². The zero-order valence-corrected chi connectivity index (χ0v) is 11.1. The van der Waals surface area contributed by atoms with Gasteiger partial charge < -0.3 is 10.0 Å². The molecule has 0 spiro atoms. The predicted octanol–water partition coefficient (Wildman–Crippen LogP) is 2.38. The summed E-state index contributed by atoms with van der Waals surface area (Å²) >= 11 is 0. The van der Waals surface area contributed by atoms with E-state index in [0.717, 1.165) is 25.8 Å². The molecule has 2 nitrogen and oxygen atoms in total. The van der Waals surface area contributed by atoms with E-state index in [9.17, 15) is 5.11 Å². The van der Waals surface area contributed by atoms with Crippen molar-refractivity contribution in [3.05, 3.63) is 35.4 Å². The second-order valence-corrected chi connectivity index (χ2v) is 5.67. The molecule has 1 aromatic rings. The molecule has 2 heteroatoms. The fraction of sp³-hybridized carbons (Fsp3) is 0.600. The third-order valence-corrected chi connectivity index (χ3v) is 3.97. The number of rotatable bonds is 2. The predicted molar refractivity (Wildman–Crippen MR) is 71.2 cm³/mol. The number of piperidine rings is 1. The monoisotopic (exact) mass is 233 g/mol. The van der Waals surface area contributed by atoms with Gasteiger partial charge in [0.15, 0.2) is 0 Å². The van der Waals surface area contributed by atoms with E-state index < -0.39 is 5.60 Å². The zero-order valence-electron chi connectivity index (χ0n) is 11.1. The third kappa shape index (κ3) is 3.08. The molecule has 1 N–H and O–H groups in total. The lowest BCUT2D eigenvalue weighted by atomic mass is 9.82. The first-order chi connectivity index (χ1) is 7.98. The molecule has 0 saturated carbocycles. The number of aryl methyl sites for hydroxylation is 1.